The van der Waals surface area contributed by atoms with E-state index in [2.05, 4.69) is 0 Å². The number of carbonyl (C=O) groups is 1. The molecule has 1 aliphatic carbocycles. The van der Waals surface area contributed by atoms with Crippen molar-refractivity contribution < 1.29 is 4.79 Å². The molecule has 2 aliphatic rings. The summed E-state index contributed by atoms with van der Waals surface area (Å²) in [4.78, 5) is 14.2. The summed E-state index contributed by atoms with van der Waals surface area (Å²) >= 11 is 6.36. The third-order valence-electron chi connectivity index (χ3n) is 3.84. The number of rotatable bonds is 2. The average molecular weight is 274 g/mol. The van der Waals surface area contributed by atoms with E-state index in [-0.39, 0.29) is 5.91 Å². The summed E-state index contributed by atoms with van der Waals surface area (Å²) in [6.07, 6.45) is 2.89. The van der Waals surface area contributed by atoms with Gasteiger partial charge in [-0.15, -0.1) is 0 Å². The van der Waals surface area contributed by atoms with Crippen molar-refractivity contribution in [2.45, 2.75) is 32.7 Å². The highest BCUT2D eigenvalue weighted by atomic mass is 35.5. The molecule has 98 valence electrons. The summed E-state index contributed by atoms with van der Waals surface area (Å²) in [7, 11) is 0. The van der Waals surface area contributed by atoms with E-state index >= 15 is 0 Å². The van der Waals surface area contributed by atoms with Gasteiger partial charge in [0.25, 0.3) is 5.91 Å². The van der Waals surface area contributed by atoms with Crippen LogP contribution in [0.25, 0.3) is 0 Å². The Morgan fingerprint density at radius 2 is 1.95 bits per heavy atom. The van der Waals surface area contributed by atoms with E-state index in [1.165, 1.54) is 0 Å². The summed E-state index contributed by atoms with van der Waals surface area (Å²) in [6, 6.07) is 10.1. The Labute approximate surface area is 118 Å². The second-order valence-electron chi connectivity index (χ2n) is 5.09. The summed E-state index contributed by atoms with van der Waals surface area (Å²) in [6.45, 7) is 2.52. The standard InChI is InChI=1S/C16H16ClNO/c1-11-13-8-5-9-14(17)15(13)18(16(11)19)10-12-6-3-2-4-7-12/h2-4,6-7H,5,8-10H2,1H3. The van der Waals surface area contributed by atoms with Crippen molar-refractivity contribution >= 4 is 17.5 Å². The van der Waals surface area contributed by atoms with E-state index in [4.69, 9.17) is 11.6 Å². The Morgan fingerprint density at radius 3 is 2.68 bits per heavy atom. The second kappa shape index (κ2) is 4.86. The van der Waals surface area contributed by atoms with Crippen LogP contribution in [-0.4, -0.2) is 10.8 Å². The van der Waals surface area contributed by atoms with Gasteiger partial charge in [-0.1, -0.05) is 41.9 Å². The fraction of sp³-hybridized carbons (Fsp3) is 0.312. The maximum atomic E-state index is 12.4. The third kappa shape index (κ3) is 2.10. The van der Waals surface area contributed by atoms with Gasteiger partial charge in [-0.2, -0.15) is 0 Å². The lowest BCUT2D eigenvalue weighted by molar-refractivity contribution is -0.124. The van der Waals surface area contributed by atoms with E-state index in [1.807, 2.05) is 42.2 Å². The van der Waals surface area contributed by atoms with Crippen LogP contribution in [0, 0.1) is 0 Å². The molecule has 3 rings (SSSR count). The highest BCUT2D eigenvalue weighted by molar-refractivity contribution is 6.30. The topological polar surface area (TPSA) is 20.3 Å². The molecule has 1 aromatic carbocycles. The largest absolute Gasteiger partial charge is 0.303 e. The van der Waals surface area contributed by atoms with Crippen LogP contribution in [0.15, 0.2) is 52.2 Å². The quantitative estimate of drug-likeness (QED) is 0.798. The van der Waals surface area contributed by atoms with Crippen LogP contribution in [-0.2, 0) is 11.3 Å². The van der Waals surface area contributed by atoms with Crippen LogP contribution in [0.4, 0.5) is 0 Å². The summed E-state index contributed by atoms with van der Waals surface area (Å²) in [5, 5.41) is 0.836. The molecule has 0 spiro atoms. The van der Waals surface area contributed by atoms with E-state index < -0.39 is 0 Å². The van der Waals surface area contributed by atoms with E-state index in [0.717, 1.165) is 46.7 Å². The minimum Gasteiger partial charge on any atom is -0.303 e. The number of allylic oxidation sites excluding steroid dienone is 2. The molecule has 0 saturated heterocycles. The number of benzene rings is 1. The summed E-state index contributed by atoms with van der Waals surface area (Å²) in [5.74, 6) is 0.105. The van der Waals surface area contributed by atoms with Crippen molar-refractivity contribution in [3.05, 3.63) is 57.8 Å². The first-order chi connectivity index (χ1) is 9.18. The van der Waals surface area contributed by atoms with Crippen LogP contribution < -0.4 is 0 Å². The van der Waals surface area contributed by atoms with Gasteiger partial charge in [0.1, 0.15) is 0 Å². The lowest BCUT2D eigenvalue weighted by Crippen LogP contribution is -2.26. The molecular weight excluding hydrogens is 258 g/mol. The minimum absolute atomic E-state index is 0.105. The van der Waals surface area contributed by atoms with Crippen molar-refractivity contribution in [2.75, 3.05) is 0 Å². The maximum Gasteiger partial charge on any atom is 0.254 e. The molecule has 0 N–H and O–H groups in total. The monoisotopic (exact) mass is 273 g/mol. The molecule has 2 nitrogen and oxygen atoms in total. The highest BCUT2D eigenvalue weighted by Crippen LogP contribution is 2.41. The molecule has 0 atom stereocenters. The lowest BCUT2D eigenvalue weighted by Gasteiger charge is -2.24. The van der Waals surface area contributed by atoms with Crippen LogP contribution in [0.5, 0.6) is 0 Å². The minimum atomic E-state index is 0.105. The van der Waals surface area contributed by atoms with Crippen LogP contribution in [0.1, 0.15) is 31.7 Å². The van der Waals surface area contributed by atoms with Gasteiger partial charge >= 0.3 is 0 Å². The molecule has 0 radical (unpaired) electrons. The first kappa shape index (κ1) is 12.5. The Morgan fingerprint density at radius 1 is 1.21 bits per heavy atom. The number of carbonyl (C=O) groups excluding carboxylic acids is 1. The average Bonchev–Trinajstić information content (AvgIpc) is 2.67. The van der Waals surface area contributed by atoms with E-state index in [0.29, 0.717) is 6.54 Å². The van der Waals surface area contributed by atoms with Gasteiger partial charge in [-0.05, 0) is 37.3 Å². The highest BCUT2D eigenvalue weighted by Gasteiger charge is 2.35. The number of halogens is 1. The van der Waals surface area contributed by atoms with Crippen molar-refractivity contribution in [3.8, 4) is 0 Å². The molecule has 19 heavy (non-hydrogen) atoms. The molecule has 1 amide bonds. The maximum absolute atomic E-state index is 12.4. The van der Waals surface area contributed by atoms with Gasteiger partial charge in [-0.3, -0.25) is 4.79 Å². The third-order valence-corrected chi connectivity index (χ3v) is 4.21. The summed E-state index contributed by atoms with van der Waals surface area (Å²) < 4.78 is 0. The zero-order chi connectivity index (χ0) is 13.4. The Bertz CT molecular complexity index is 586. The second-order valence-corrected chi connectivity index (χ2v) is 5.54. The number of nitrogens with zero attached hydrogens (tertiary/aromatic N) is 1. The normalized spacial score (nSPS) is 19.3. The number of hydrogen-bond donors (Lipinski definition) is 0. The molecule has 1 aliphatic heterocycles. The smallest absolute Gasteiger partial charge is 0.254 e. The summed E-state index contributed by atoms with van der Waals surface area (Å²) in [5.41, 5.74) is 4.12. The van der Waals surface area contributed by atoms with Crippen LogP contribution in [0.3, 0.4) is 0 Å². The van der Waals surface area contributed by atoms with Crippen molar-refractivity contribution in [1.82, 2.24) is 4.90 Å². The molecule has 1 aromatic rings. The van der Waals surface area contributed by atoms with Crippen molar-refractivity contribution in [1.29, 1.82) is 0 Å². The lowest BCUT2D eigenvalue weighted by atomic mass is 9.97. The molecule has 0 bridgehead atoms. The number of hydrogen-bond acceptors (Lipinski definition) is 1. The predicted octanol–water partition coefficient (Wildman–Crippen LogP) is 3.98. The van der Waals surface area contributed by atoms with E-state index in [1.54, 1.807) is 0 Å². The van der Waals surface area contributed by atoms with Crippen LogP contribution in [0.2, 0.25) is 0 Å². The van der Waals surface area contributed by atoms with Gasteiger partial charge in [0.2, 0.25) is 0 Å². The van der Waals surface area contributed by atoms with Gasteiger partial charge in [0.05, 0.1) is 12.2 Å². The molecule has 0 aromatic heterocycles. The SMILES string of the molecule is CC1=C2CCCC(Cl)=C2N(Cc2ccccc2)C1=O. The molecule has 0 saturated carbocycles. The predicted molar refractivity (Wildman–Crippen MR) is 76.4 cm³/mol. The zero-order valence-electron chi connectivity index (χ0n) is 10.9. The number of fused-ring (bicyclic) bond motifs is 1. The first-order valence-corrected chi connectivity index (χ1v) is 7.01. The Kier molecular flexibility index (Phi) is 3.19. The Balaban J connectivity index is 1.97. The molecule has 1 heterocycles. The van der Waals surface area contributed by atoms with Gasteiger partial charge in [-0.25, -0.2) is 0 Å². The molecule has 0 unspecified atom stereocenters. The molecule has 3 heteroatoms. The van der Waals surface area contributed by atoms with Crippen molar-refractivity contribution in [3.63, 3.8) is 0 Å². The van der Waals surface area contributed by atoms with Gasteiger partial charge in [0, 0.05) is 10.6 Å². The van der Waals surface area contributed by atoms with Gasteiger partial charge in [0.15, 0.2) is 0 Å². The van der Waals surface area contributed by atoms with E-state index in [9.17, 15) is 4.79 Å². The fourth-order valence-corrected chi connectivity index (χ4v) is 3.19. The van der Waals surface area contributed by atoms with Crippen LogP contribution >= 0.6 is 11.6 Å². The Hall–Kier alpha value is -1.54. The first-order valence-electron chi connectivity index (χ1n) is 6.63. The number of amides is 1. The molecule has 0 fully saturated rings. The van der Waals surface area contributed by atoms with Gasteiger partial charge < -0.3 is 4.90 Å². The zero-order valence-corrected chi connectivity index (χ0v) is 11.7. The molecular formula is C16H16ClNO. The fourth-order valence-electron chi connectivity index (χ4n) is 2.85. The van der Waals surface area contributed by atoms with Crippen molar-refractivity contribution in [2.24, 2.45) is 0 Å².